The molecule has 20 heavy (non-hydrogen) atoms. The van der Waals surface area contributed by atoms with Gasteiger partial charge in [0.15, 0.2) is 0 Å². The average Bonchev–Trinajstić information content (AvgIpc) is 2.50. The molecule has 1 heterocycles. The zero-order chi connectivity index (χ0) is 14.4. The highest BCUT2D eigenvalue weighted by Gasteiger charge is 2.29. The third kappa shape index (κ3) is 3.83. The fourth-order valence-corrected chi connectivity index (χ4v) is 3.00. The molecule has 0 aliphatic carbocycles. The van der Waals surface area contributed by atoms with Gasteiger partial charge in [0.05, 0.1) is 12.7 Å². The van der Waals surface area contributed by atoms with Crippen LogP contribution in [0.1, 0.15) is 57.3 Å². The van der Waals surface area contributed by atoms with Crippen LogP contribution in [0, 0.1) is 5.92 Å². The highest BCUT2D eigenvalue weighted by molar-refractivity contribution is 5.32. The van der Waals surface area contributed by atoms with Gasteiger partial charge in [-0.3, -0.25) is 0 Å². The number of hydrogen-bond acceptors (Lipinski definition) is 2. The third-order valence-electron chi connectivity index (χ3n) is 4.41. The first-order chi connectivity index (χ1) is 9.76. The molecule has 0 amide bonds. The molecule has 2 rings (SSSR count). The lowest BCUT2D eigenvalue weighted by Gasteiger charge is -2.34. The minimum absolute atomic E-state index is 0.223. The van der Waals surface area contributed by atoms with Gasteiger partial charge in [-0.05, 0) is 42.9 Å². The molecule has 0 saturated carbocycles. The summed E-state index contributed by atoms with van der Waals surface area (Å²) in [5, 5.41) is 3.72. The van der Waals surface area contributed by atoms with Crippen molar-refractivity contribution in [1.82, 2.24) is 5.32 Å². The Hall–Kier alpha value is -0.860. The van der Waals surface area contributed by atoms with E-state index in [1.54, 1.807) is 0 Å². The van der Waals surface area contributed by atoms with E-state index in [4.69, 9.17) is 4.74 Å². The van der Waals surface area contributed by atoms with E-state index in [1.165, 1.54) is 30.4 Å². The predicted octanol–water partition coefficient (Wildman–Crippen LogP) is 4.10. The summed E-state index contributed by atoms with van der Waals surface area (Å²) in [5.74, 6) is 0.738. The van der Waals surface area contributed by atoms with Gasteiger partial charge in [0.2, 0.25) is 0 Å². The van der Waals surface area contributed by atoms with Crippen molar-refractivity contribution in [1.29, 1.82) is 0 Å². The van der Waals surface area contributed by atoms with Crippen molar-refractivity contribution in [2.24, 2.45) is 5.92 Å². The zero-order valence-corrected chi connectivity index (χ0v) is 13.2. The molecule has 2 nitrogen and oxygen atoms in total. The summed E-state index contributed by atoms with van der Waals surface area (Å²) in [6, 6.07) is 9.22. The molecule has 0 radical (unpaired) electrons. The normalized spacial score (nSPS) is 21.2. The van der Waals surface area contributed by atoms with E-state index in [2.05, 4.69) is 50.4 Å². The smallest absolute Gasteiger partial charge is 0.0980 e. The van der Waals surface area contributed by atoms with Gasteiger partial charge in [-0.15, -0.1) is 0 Å². The predicted molar refractivity (Wildman–Crippen MR) is 85.0 cm³/mol. The van der Waals surface area contributed by atoms with Gasteiger partial charge in [0, 0.05) is 6.04 Å². The average molecular weight is 275 g/mol. The molecule has 2 heteroatoms. The van der Waals surface area contributed by atoms with Crippen LogP contribution in [0.5, 0.6) is 0 Å². The summed E-state index contributed by atoms with van der Waals surface area (Å²) in [6.07, 6.45) is 4.87. The van der Waals surface area contributed by atoms with Crippen molar-refractivity contribution in [3.63, 3.8) is 0 Å². The second kappa shape index (κ2) is 7.80. The Labute approximate surface area is 123 Å². The maximum absolute atomic E-state index is 6.15. The number of rotatable bonds is 7. The van der Waals surface area contributed by atoms with Crippen LogP contribution >= 0.6 is 0 Å². The van der Waals surface area contributed by atoms with E-state index < -0.39 is 0 Å². The summed E-state index contributed by atoms with van der Waals surface area (Å²) in [5.41, 5.74) is 2.87. The monoisotopic (exact) mass is 275 g/mol. The molecule has 0 bridgehead atoms. The Kier molecular flexibility index (Phi) is 6.06. The quantitative estimate of drug-likeness (QED) is 0.808. The van der Waals surface area contributed by atoms with Gasteiger partial charge in [-0.1, -0.05) is 51.5 Å². The molecule has 0 aromatic heterocycles. The van der Waals surface area contributed by atoms with Gasteiger partial charge >= 0.3 is 0 Å². The van der Waals surface area contributed by atoms with Crippen LogP contribution < -0.4 is 5.32 Å². The van der Waals surface area contributed by atoms with Crippen LogP contribution in [0.3, 0.4) is 0 Å². The summed E-state index contributed by atoms with van der Waals surface area (Å²) < 4.78 is 6.15. The van der Waals surface area contributed by atoms with Crippen LogP contribution in [0.25, 0.3) is 0 Å². The lowest BCUT2D eigenvalue weighted by Crippen LogP contribution is -2.40. The van der Waals surface area contributed by atoms with E-state index in [0.717, 1.165) is 25.5 Å². The van der Waals surface area contributed by atoms with Crippen molar-refractivity contribution >= 4 is 0 Å². The molecule has 0 spiro atoms. The van der Waals surface area contributed by atoms with Gasteiger partial charge in [0.25, 0.3) is 0 Å². The maximum Gasteiger partial charge on any atom is 0.0980 e. The molecule has 0 saturated heterocycles. The molecule has 1 aliphatic rings. The Morgan fingerprint density at radius 2 is 2.10 bits per heavy atom. The minimum atomic E-state index is 0.223. The molecular formula is C18H29NO. The van der Waals surface area contributed by atoms with Crippen molar-refractivity contribution in [2.45, 2.75) is 58.6 Å². The van der Waals surface area contributed by atoms with E-state index in [1.807, 2.05) is 0 Å². The number of ether oxygens (including phenoxy) is 1. The highest BCUT2D eigenvalue weighted by atomic mass is 16.5. The molecule has 1 aromatic rings. The Balaban J connectivity index is 2.15. The summed E-state index contributed by atoms with van der Waals surface area (Å²) in [4.78, 5) is 0. The maximum atomic E-state index is 6.15. The third-order valence-corrected chi connectivity index (χ3v) is 4.41. The lowest BCUT2D eigenvalue weighted by molar-refractivity contribution is 0.00970. The standard InChI is InChI=1S/C18H29NO/c1-4-11-19-17(13-14(3)5-2)18-16-9-7-6-8-15(16)10-12-20-18/h6-9,14,17-19H,4-5,10-13H2,1-3H3. The lowest BCUT2D eigenvalue weighted by atomic mass is 9.88. The fraction of sp³-hybridized carbons (Fsp3) is 0.667. The van der Waals surface area contributed by atoms with Crippen LogP contribution in [0.2, 0.25) is 0 Å². The first-order valence-corrected chi connectivity index (χ1v) is 8.19. The second-order valence-electron chi connectivity index (χ2n) is 6.05. The molecule has 112 valence electrons. The minimum Gasteiger partial charge on any atom is -0.372 e. The first kappa shape index (κ1) is 15.5. The summed E-state index contributed by atoms with van der Waals surface area (Å²) in [7, 11) is 0. The molecule has 1 N–H and O–H groups in total. The fourth-order valence-electron chi connectivity index (χ4n) is 3.00. The van der Waals surface area contributed by atoms with E-state index >= 15 is 0 Å². The van der Waals surface area contributed by atoms with Gasteiger partial charge < -0.3 is 10.1 Å². The Bertz CT molecular complexity index is 404. The molecule has 3 unspecified atom stereocenters. The van der Waals surface area contributed by atoms with Crippen molar-refractivity contribution in [3.8, 4) is 0 Å². The summed E-state index contributed by atoms with van der Waals surface area (Å²) in [6.45, 7) is 8.77. The van der Waals surface area contributed by atoms with E-state index in [9.17, 15) is 0 Å². The van der Waals surface area contributed by atoms with Crippen LogP contribution in [0.4, 0.5) is 0 Å². The molecule has 0 fully saturated rings. The Morgan fingerprint density at radius 3 is 2.85 bits per heavy atom. The van der Waals surface area contributed by atoms with Crippen LogP contribution in [-0.2, 0) is 11.2 Å². The SMILES string of the molecule is CCCNC(CC(C)CC)C1OCCc2ccccc21. The van der Waals surface area contributed by atoms with Crippen molar-refractivity contribution in [3.05, 3.63) is 35.4 Å². The molecular weight excluding hydrogens is 246 g/mol. The Morgan fingerprint density at radius 1 is 1.30 bits per heavy atom. The van der Waals surface area contributed by atoms with E-state index in [0.29, 0.717) is 6.04 Å². The van der Waals surface area contributed by atoms with E-state index in [-0.39, 0.29) is 6.10 Å². The van der Waals surface area contributed by atoms with Gasteiger partial charge in [-0.25, -0.2) is 0 Å². The number of benzene rings is 1. The van der Waals surface area contributed by atoms with Crippen LogP contribution in [0.15, 0.2) is 24.3 Å². The number of hydrogen-bond donors (Lipinski definition) is 1. The van der Waals surface area contributed by atoms with Gasteiger partial charge in [0.1, 0.15) is 0 Å². The van der Waals surface area contributed by atoms with Crippen LogP contribution in [-0.4, -0.2) is 19.2 Å². The molecule has 1 aliphatic heterocycles. The zero-order valence-electron chi connectivity index (χ0n) is 13.2. The van der Waals surface area contributed by atoms with Crippen molar-refractivity contribution in [2.75, 3.05) is 13.2 Å². The largest absolute Gasteiger partial charge is 0.372 e. The van der Waals surface area contributed by atoms with Crippen molar-refractivity contribution < 1.29 is 4.74 Å². The second-order valence-corrected chi connectivity index (χ2v) is 6.05. The topological polar surface area (TPSA) is 21.3 Å². The molecule has 1 aromatic carbocycles. The van der Waals surface area contributed by atoms with Gasteiger partial charge in [-0.2, -0.15) is 0 Å². The molecule has 3 atom stereocenters. The number of nitrogens with one attached hydrogen (secondary N) is 1. The summed E-state index contributed by atoms with van der Waals surface area (Å²) >= 11 is 0. The first-order valence-electron chi connectivity index (χ1n) is 8.19. The number of fused-ring (bicyclic) bond motifs is 1. The highest BCUT2D eigenvalue weighted by Crippen LogP contribution is 2.32.